The van der Waals surface area contributed by atoms with Crippen LogP contribution < -0.4 is 4.90 Å². The van der Waals surface area contributed by atoms with Crippen molar-refractivity contribution in [3.63, 3.8) is 0 Å². The second kappa shape index (κ2) is 5.39. The number of hydrogen-bond acceptors (Lipinski definition) is 1. The number of fused-ring (bicyclic) bond motifs is 10. The first-order valence-electron chi connectivity index (χ1n) is 10.5. The lowest BCUT2D eigenvalue weighted by Gasteiger charge is -2.33. The molecule has 1 aliphatic heterocycles. The fourth-order valence-electron chi connectivity index (χ4n) is 5.88. The molecule has 1 heterocycles. The van der Waals surface area contributed by atoms with E-state index in [0.717, 1.165) is 19.3 Å². The van der Waals surface area contributed by atoms with E-state index in [2.05, 4.69) is 84.7 Å². The summed E-state index contributed by atoms with van der Waals surface area (Å²) in [4.78, 5) is 2.41. The lowest BCUT2D eigenvalue weighted by Crippen LogP contribution is -2.20. The van der Waals surface area contributed by atoms with Gasteiger partial charge in [0, 0.05) is 24.8 Å². The topological polar surface area (TPSA) is 3.24 Å². The van der Waals surface area contributed by atoms with Gasteiger partial charge in [0.1, 0.15) is 0 Å². The summed E-state index contributed by atoms with van der Waals surface area (Å²) < 4.78 is 0. The van der Waals surface area contributed by atoms with Crippen molar-refractivity contribution in [2.75, 3.05) is 11.9 Å². The Labute approximate surface area is 171 Å². The Bertz CT molecular complexity index is 1240. The fraction of sp³-hybridized carbons (Fsp3) is 0.143. The van der Waals surface area contributed by atoms with Crippen LogP contribution in [0.5, 0.6) is 0 Å². The maximum atomic E-state index is 2.41. The molecule has 29 heavy (non-hydrogen) atoms. The van der Waals surface area contributed by atoms with Gasteiger partial charge in [0.15, 0.2) is 0 Å². The van der Waals surface area contributed by atoms with Crippen molar-refractivity contribution < 1.29 is 0 Å². The van der Waals surface area contributed by atoms with Crippen LogP contribution in [0, 0.1) is 0 Å². The van der Waals surface area contributed by atoms with Crippen LogP contribution in [0.3, 0.4) is 0 Å². The zero-order valence-electron chi connectivity index (χ0n) is 16.5. The standard InChI is InChI=1S/C28H21N/c1-29-25-12-10-19-14-17-6-2-4-8-21(17)27(19)23(25)16-24-26(29)13-11-20-15-18-7-3-5-9-22(18)28(20)24/h2-13H,14-16H2,1H3. The van der Waals surface area contributed by atoms with Crippen molar-refractivity contribution in [2.45, 2.75) is 19.3 Å². The van der Waals surface area contributed by atoms with Gasteiger partial charge in [-0.1, -0.05) is 60.7 Å². The normalized spacial score (nSPS) is 14.6. The van der Waals surface area contributed by atoms with Gasteiger partial charge in [-0.05, 0) is 80.6 Å². The molecule has 0 fully saturated rings. The first kappa shape index (κ1) is 15.6. The highest BCUT2D eigenvalue weighted by molar-refractivity contribution is 5.92. The van der Waals surface area contributed by atoms with Gasteiger partial charge in [-0.2, -0.15) is 0 Å². The predicted octanol–water partition coefficient (Wildman–Crippen LogP) is 6.50. The van der Waals surface area contributed by atoms with Gasteiger partial charge < -0.3 is 4.90 Å². The Kier molecular flexibility index (Phi) is 2.90. The zero-order chi connectivity index (χ0) is 19.1. The first-order valence-corrected chi connectivity index (χ1v) is 10.5. The number of anilines is 2. The third kappa shape index (κ3) is 1.95. The average Bonchev–Trinajstić information content (AvgIpc) is 3.32. The molecule has 138 valence electrons. The number of hydrogen-bond donors (Lipinski definition) is 0. The highest BCUT2D eigenvalue weighted by atomic mass is 15.1. The molecule has 7 rings (SSSR count). The molecular weight excluding hydrogens is 350 g/mol. The van der Waals surface area contributed by atoms with E-state index in [1.54, 1.807) is 0 Å². The van der Waals surface area contributed by atoms with Gasteiger partial charge in [0.05, 0.1) is 0 Å². The second-order valence-electron chi connectivity index (χ2n) is 8.60. The van der Waals surface area contributed by atoms with E-state index in [-0.39, 0.29) is 0 Å². The fourth-order valence-corrected chi connectivity index (χ4v) is 5.88. The summed E-state index contributed by atoms with van der Waals surface area (Å²) in [5.41, 5.74) is 17.5. The molecule has 1 heteroatoms. The molecule has 0 aromatic heterocycles. The van der Waals surface area contributed by atoms with E-state index in [1.165, 1.54) is 67.0 Å². The number of nitrogens with zero attached hydrogens (tertiary/aromatic N) is 1. The van der Waals surface area contributed by atoms with Crippen molar-refractivity contribution in [1.29, 1.82) is 0 Å². The molecule has 0 amide bonds. The Hall–Kier alpha value is -3.32. The molecule has 0 radical (unpaired) electrons. The molecule has 3 aliphatic rings. The van der Waals surface area contributed by atoms with E-state index < -0.39 is 0 Å². The van der Waals surface area contributed by atoms with Crippen LogP contribution in [0.1, 0.15) is 33.4 Å². The van der Waals surface area contributed by atoms with Gasteiger partial charge in [0.2, 0.25) is 0 Å². The van der Waals surface area contributed by atoms with Gasteiger partial charge in [-0.3, -0.25) is 0 Å². The van der Waals surface area contributed by atoms with Crippen LogP contribution in [-0.2, 0) is 19.3 Å². The van der Waals surface area contributed by atoms with Crippen LogP contribution in [0.4, 0.5) is 11.4 Å². The Balaban J connectivity index is 1.50. The zero-order valence-corrected chi connectivity index (χ0v) is 16.5. The minimum atomic E-state index is 1.02. The minimum absolute atomic E-state index is 1.02. The molecule has 0 atom stereocenters. The van der Waals surface area contributed by atoms with Gasteiger partial charge in [-0.15, -0.1) is 0 Å². The average molecular weight is 371 g/mol. The highest BCUT2D eigenvalue weighted by Crippen LogP contribution is 2.51. The quantitative estimate of drug-likeness (QED) is 0.294. The maximum absolute atomic E-state index is 2.41. The third-order valence-corrected chi connectivity index (χ3v) is 7.16. The van der Waals surface area contributed by atoms with Gasteiger partial charge in [0.25, 0.3) is 0 Å². The van der Waals surface area contributed by atoms with E-state index in [1.807, 2.05) is 0 Å². The molecule has 4 aromatic carbocycles. The molecule has 2 aliphatic carbocycles. The third-order valence-electron chi connectivity index (χ3n) is 7.16. The molecule has 0 saturated heterocycles. The Morgan fingerprint density at radius 2 is 1.00 bits per heavy atom. The predicted molar refractivity (Wildman–Crippen MR) is 120 cm³/mol. The van der Waals surface area contributed by atoms with Crippen LogP contribution in [0.2, 0.25) is 0 Å². The Morgan fingerprint density at radius 3 is 1.52 bits per heavy atom. The molecule has 0 N–H and O–H groups in total. The first-order chi connectivity index (χ1) is 14.3. The monoisotopic (exact) mass is 371 g/mol. The van der Waals surface area contributed by atoms with Crippen molar-refractivity contribution >= 4 is 11.4 Å². The summed E-state index contributed by atoms with van der Waals surface area (Å²) in [5.74, 6) is 0. The second-order valence-corrected chi connectivity index (χ2v) is 8.60. The summed E-state index contributed by atoms with van der Waals surface area (Å²) in [5, 5.41) is 0. The summed E-state index contributed by atoms with van der Waals surface area (Å²) in [6.07, 6.45) is 3.14. The Morgan fingerprint density at radius 1 is 0.517 bits per heavy atom. The van der Waals surface area contributed by atoms with E-state index >= 15 is 0 Å². The van der Waals surface area contributed by atoms with Crippen molar-refractivity contribution in [2.24, 2.45) is 0 Å². The summed E-state index contributed by atoms with van der Waals surface area (Å²) >= 11 is 0. The molecule has 1 nitrogen and oxygen atoms in total. The van der Waals surface area contributed by atoms with E-state index in [4.69, 9.17) is 0 Å². The van der Waals surface area contributed by atoms with Crippen LogP contribution >= 0.6 is 0 Å². The van der Waals surface area contributed by atoms with E-state index in [0.29, 0.717) is 0 Å². The highest BCUT2D eigenvalue weighted by Gasteiger charge is 2.32. The maximum Gasteiger partial charge on any atom is 0.0450 e. The molecule has 0 unspecified atom stereocenters. The van der Waals surface area contributed by atoms with Crippen molar-refractivity contribution in [1.82, 2.24) is 0 Å². The number of rotatable bonds is 0. The summed E-state index contributed by atoms with van der Waals surface area (Å²) in [6.45, 7) is 0. The molecule has 0 spiro atoms. The van der Waals surface area contributed by atoms with Crippen LogP contribution in [0.15, 0.2) is 72.8 Å². The molecule has 0 bridgehead atoms. The SMILES string of the molecule is CN1c2ccc3c(c2Cc2c1ccc1c2-c2ccccc2C1)-c1ccccc1C3. The van der Waals surface area contributed by atoms with Gasteiger partial charge in [-0.25, -0.2) is 0 Å². The van der Waals surface area contributed by atoms with Gasteiger partial charge >= 0.3 is 0 Å². The van der Waals surface area contributed by atoms with Crippen molar-refractivity contribution in [3.05, 3.63) is 106 Å². The molecular formula is C28H21N. The lowest BCUT2D eigenvalue weighted by atomic mass is 9.85. The summed E-state index contributed by atoms with van der Waals surface area (Å²) in [7, 11) is 2.23. The largest absolute Gasteiger partial charge is 0.344 e. The van der Waals surface area contributed by atoms with Crippen LogP contribution in [-0.4, -0.2) is 7.05 Å². The minimum Gasteiger partial charge on any atom is -0.344 e. The smallest absolute Gasteiger partial charge is 0.0450 e. The van der Waals surface area contributed by atoms with Crippen LogP contribution in [0.25, 0.3) is 22.3 Å². The lowest BCUT2D eigenvalue weighted by molar-refractivity contribution is 1.05. The number of benzene rings is 4. The molecule has 4 aromatic rings. The van der Waals surface area contributed by atoms with E-state index in [9.17, 15) is 0 Å². The summed E-state index contributed by atoms with van der Waals surface area (Å²) in [6, 6.07) is 27.3. The van der Waals surface area contributed by atoms with Crippen molar-refractivity contribution in [3.8, 4) is 22.3 Å². The molecule has 0 saturated carbocycles.